The van der Waals surface area contributed by atoms with E-state index in [4.69, 9.17) is 9.47 Å². The van der Waals surface area contributed by atoms with E-state index in [-0.39, 0.29) is 11.9 Å². The summed E-state index contributed by atoms with van der Waals surface area (Å²) in [7, 11) is 1.65. The summed E-state index contributed by atoms with van der Waals surface area (Å²) in [5, 5.41) is 0. The summed E-state index contributed by atoms with van der Waals surface area (Å²) in [6.07, 6.45) is 0.908. The number of ether oxygens (including phenoxy) is 2. The Bertz CT molecular complexity index is 369. The Morgan fingerprint density at radius 2 is 2.06 bits per heavy atom. The summed E-state index contributed by atoms with van der Waals surface area (Å²) in [6.45, 7) is 2.30. The second kappa shape index (κ2) is 4.56. The molecule has 3 nitrogen and oxygen atoms in total. The maximum absolute atomic E-state index is 11.5. The van der Waals surface area contributed by atoms with E-state index in [0.717, 1.165) is 12.2 Å². The van der Waals surface area contributed by atoms with Gasteiger partial charge in [-0.2, -0.15) is 0 Å². The Morgan fingerprint density at radius 3 is 2.62 bits per heavy atom. The molecular weight excluding hydrogens is 204 g/mol. The van der Waals surface area contributed by atoms with Gasteiger partial charge in [-0.05, 0) is 37.0 Å². The zero-order valence-corrected chi connectivity index (χ0v) is 9.60. The van der Waals surface area contributed by atoms with Gasteiger partial charge in [-0.3, -0.25) is 4.79 Å². The maximum Gasteiger partial charge on any atom is 0.309 e. The fourth-order valence-electron chi connectivity index (χ4n) is 1.92. The summed E-state index contributed by atoms with van der Waals surface area (Å²) in [5.41, 5.74) is 1.19. The van der Waals surface area contributed by atoms with Crippen LogP contribution in [0.25, 0.3) is 0 Å². The number of benzene rings is 1. The van der Waals surface area contributed by atoms with E-state index < -0.39 is 0 Å². The fourth-order valence-corrected chi connectivity index (χ4v) is 1.92. The topological polar surface area (TPSA) is 35.5 Å². The Kier molecular flexibility index (Phi) is 3.13. The van der Waals surface area contributed by atoms with Crippen molar-refractivity contribution in [2.45, 2.75) is 19.3 Å². The standard InChI is InChI=1S/C13H16O3/c1-3-16-13(14)12-8-11(12)9-4-6-10(15-2)7-5-9/h4-7,11-12H,3,8H2,1-2H3/t11-,12?/m0/s1. The molecule has 1 aliphatic carbocycles. The quantitative estimate of drug-likeness (QED) is 0.731. The molecule has 0 aliphatic heterocycles. The van der Waals surface area contributed by atoms with Gasteiger partial charge in [0.2, 0.25) is 0 Å². The van der Waals surface area contributed by atoms with Crippen LogP contribution in [0, 0.1) is 5.92 Å². The molecule has 0 radical (unpaired) electrons. The van der Waals surface area contributed by atoms with Gasteiger partial charge in [0, 0.05) is 0 Å². The molecule has 1 fully saturated rings. The molecule has 1 aromatic carbocycles. The highest BCUT2D eigenvalue weighted by Gasteiger charge is 2.44. The van der Waals surface area contributed by atoms with Gasteiger partial charge in [0.05, 0.1) is 19.6 Å². The van der Waals surface area contributed by atoms with Gasteiger partial charge in [0.15, 0.2) is 0 Å². The number of esters is 1. The number of hydrogen-bond acceptors (Lipinski definition) is 3. The second-order valence-electron chi connectivity index (χ2n) is 3.97. The van der Waals surface area contributed by atoms with Crippen LogP contribution < -0.4 is 4.74 Å². The van der Waals surface area contributed by atoms with Gasteiger partial charge < -0.3 is 9.47 Å². The van der Waals surface area contributed by atoms with Crippen LogP contribution in [-0.4, -0.2) is 19.7 Å². The van der Waals surface area contributed by atoms with Crippen LogP contribution in [0.3, 0.4) is 0 Å². The normalized spacial score (nSPS) is 22.6. The number of hydrogen-bond donors (Lipinski definition) is 0. The number of rotatable bonds is 4. The summed E-state index contributed by atoms with van der Waals surface area (Å²) in [6, 6.07) is 7.89. The third-order valence-electron chi connectivity index (χ3n) is 2.92. The van der Waals surface area contributed by atoms with Crippen LogP contribution in [0.5, 0.6) is 5.75 Å². The highest BCUT2D eigenvalue weighted by atomic mass is 16.5. The molecule has 0 spiro atoms. The van der Waals surface area contributed by atoms with Crippen molar-refractivity contribution in [3.63, 3.8) is 0 Å². The summed E-state index contributed by atoms with van der Waals surface area (Å²) < 4.78 is 10.1. The molecule has 3 heteroatoms. The number of carbonyl (C=O) groups excluding carboxylic acids is 1. The number of methoxy groups -OCH3 is 1. The number of carbonyl (C=O) groups is 1. The van der Waals surface area contributed by atoms with Crippen LogP contribution in [0.4, 0.5) is 0 Å². The minimum Gasteiger partial charge on any atom is -0.497 e. The first-order chi connectivity index (χ1) is 7.76. The van der Waals surface area contributed by atoms with Crippen molar-refractivity contribution in [2.24, 2.45) is 5.92 Å². The van der Waals surface area contributed by atoms with Crippen molar-refractivity contribution in [3.8, 4) is 5.75 Å². The van der Waals surface area contributed by atoms with Crippen LogP contribution in [0.2, 0.25) is 0 Å². The molecule has 1 aromatic rings. The first-order valence-corrected chi connectivity index (χ1v) is 5.56. The molecule has 0 heterocycles. The third-order valence-corrected chi connectivity index (χ3v) is 2.92. The van der Waals surface area contributed by atoms with Crippen molar-refractivity contribution in [3.05, 3.63) is 29.8 Å². The van der Waals surface area contributed by atoms with E-state index in [0.29, 0.717) is 12.5 Å². The highest BCUT2D eigenvalue weighted by Crippen LogP contribution is 2.48. The molecule has 2 atom stereocenters. The monoisotopic (exact) mass is 220 g/mol. The molecule has 0 aromatic heterocycles. The summed E-state index contributed by atoms with van der Waals surface area (Å²) in [4.78, 5) is 11.5. The first kappa shape index (κ1) is 11.0. The molecule has 16 heavy (non-hydrogen) atoms. The highest BCUT2D eigenvalue weighted by molar-refractivity contribution is 5.77. The summed E-state index contributed by atoms with van der Waals surface area (Å²) >= 11 is 0. The Morgan fingerprint density at radius 1 is 1.38 bits per heavy atom. The van der Waals surface area contributed by atoms with Crippen molar-refractivity contribution in [1.29, 1.82) is 0 Å². The molecule has 0 saturated heterocycles. The minimum absolute atomic E-state index is 0.0633. The maximum atomic E-state index is 11.5. The Hall–Kier alpha value is -1.51. The van der Waals surface area contributed by atoms with E-state index in [1.165, 1.54) is 5.56 Å². The van der Waals surface area contributed by atoms with Gasteiger partial charge in [-0.25, -0.2) is 0 Å². The zero-order chi connectivity index (χ0) is 11.5. The van der Waals surface area contributed by atoms with Gasteiger partial charge in [0.25, 0.3) is 0 Å². The molecule has 1 saturated carbocycles. The van der Waals surface area contributed by atoms with E-state index in [2.05, 4.69) is 0 Å². The van der Waals surface area contributed by atoms with E-state index >= 15 is 0 Å². The first-order valence-electron chi connectivity index (χ1n) is 5.56. The molecule has 0 amide bonds. The average molecular weight is 220 g/mol. The molecule has 1 aliphatic rings. The second-order valence-corrected chi connectivity index (χ2v) is 3.97. The van der Waals surface area contributed by atoms with Gasteiger partial charge >= 0.3 is 5.97 Å². The fraction of sp³-hybridized carbons (Fsp3) is 0.462. The van der Waals surface area contributed by atoms with Crippen LogP contribution in [-0.2, 0) is 9.53 Å². The lowest BCUT2D eigenvalue weighted by molar-refractivity contribution is -0.144. The van der Waals surface area contributed by atoms with Crippen LogP contribution >= 0.6 is 0 Å². The Labute approximate surface area is 95.4 Å². The lowest BCUT2D eigenvalue weighted by Crippen LogP contribution is -2.07. The van der Waals surface area contributed by atoms with E-state index in [1.54, 1.807) is 7.11 Å². The van der Waals surface area contributed by atoms with Crippen LogP contribution in [0.15, 0.2) is 24.3 Å². The Balaban J connectivity index is 1.97. The van der Waals surface area contributed by atoms with Gasteiger partial charge in [-0.1, -0.05) is 12.1 Å². The molecule has 1 unspecified atom stereocenters. The lowest BCUT2D eigenvalue weighted by atomic mass is 10.1. The predicted octanol–water partition coefficient (Wildman–Crippen LogP) is 2.36. The van der Waals surface area contributed by atoms with E-state index in [1.807, 2.05) is 31.2 Å². The largest absolute Gasteiger partial charge is 0.497 e. The van der Waals surface area contributed by atoms with Gasteiger partial charge in [-0.15, -0.1) is 0 Å². The van der Waals surface area contributed by atoms with Crippen molar-refractivity contribution in [1.82, 2.24) is 0 Å². The molecule has 86 valence electrons. The summed E-state index contributed by atoms with van der Waals surface area (Å²) in [5.74, 6) is 1.18. The van der Waals surface area contributed by atoms with Crippen molar-refractivity contribution < 1.29 is 14.3 Å². The smallest absolute Gasteiger partial charge is 0.309 e. The molecule has 0 bridgehead atoms. The predicted molar refractivity (Wildman–Crippen MR) is 60.5 cm³/mol. The zero-order valence-electron chi connectivity index (χ0n) is 9.60. The minimum atomic E-state index is -0.0664. The SMILES string of the molecule is CCOC(=O)C1C[C@H]1c1ccc(OC)cc1. The van der Waals surface area contributed by atoms with Gasteiger partial charge in [0.1, 0.15) is 5.75 Å². The third kappa shape index (κ3) is 2.18. The lowest BCUT2D eigenvalue weighted by Gasteiger charge is -2.03. The van der Waals surface area contributed by atoms with E-state index in [9.17, 15) is 4.79 Å². The van der Waals surface area contributed by atoms with Crippen molar-refractivity contribution >= 4 is 5.97 Å². The molecule has 2 rings (SSSR count). The molecule has 0 N–H and O–H groups in total. The molecular formula is C13H16O3. The van der Waals surface area contributed by atoms with Crippen LogP contribution in [0.1, 0.15) is 24.8 Å². The average Bonchev–Trinajstić information content (AvgIpc) is 3.09. The van der Waals surface area contributed by atoms with Crippen molar-refractivity contribution in [2.75, 3.05) is 13.7 Å².